The SMILES string of the molecule is N#C[C@@H]1C[C@@]2(CN1C(=O)[C@H](CC1CC1)NC(=O)C(=O)Nc1cccc(C(F)(F)F)n1)C(=O)Nc1ccccc12. The van der Waals surface area contributed by atoms with E-state index in [2.05, 4.69) is 21.7 Å². The number of anilines is 2. The van der Waals surface area contributed by atoms with E-state index >= 15 is 0 Å². The van der Waals surface area contributed by atoms with Crippen molar-refractivity contribution in [3.8, 4) is 6.07 Å². The molecule has 5 rings (SSSR count). The first-order chi connectivity index (χ1) is 18.5. The lowest BCUT2D eigenvalue weighted by Gasteiger charge is -2.27. The summed E-state index contributed by atoms with van der Waals surface area (Å²) in [5, 5.41) is 17.0. The number of amides is 4. The Hall–Kier alpha value is -4.47. The van der Waals surface area contributed by atoms with Gasteiger partial charge in [-0.2, -0.15) is 18.4 Å². The van der Waals surface area contributed by atoms with Gasteiger partial charge in [0.25, 0.3) is 0 Å². The minimum atomic E-state index is -4.74. The van der Waals surface area contributed by atoms with Crippen LogP contribution in [0.15, 0.2) is 42.5 Å². The summed E-state index contributed by atoms with van der Waals surface area (Å²) >= 11 is 0. The molecule has 0 radical (unpaired) electrons. The van der Waals surface area contributed by atoms with Crippen molar-refractivity contribution in [1.82, 2.24) is 15.2 Å². The molecule has 1 aliphatic carbocycles. The highest BCUT2D eigenvalue weighted by molar-refractivity contribution is 6.39. The third kappa shape index (κ3) is 5.01. The van der Waals surface area contributed by atoms with Gasteiger partial charge in [0.15, 0.2) is 0 Å². The summed E-state index contributed by atoms with van der Waals surface area (Å²) in [4.78, 5) is 56.4. The van der Waals surface area contributed by atoms with Gasteiger partial charge in [0.2, 0.25) is 11.8 Å². The standard InChI is InChI=1S/C26H23F3N6O4/c27-26(28,29)19-6-3-7-20(33-19)34-22(37)21(36)31-18(10-14-8-9-14)23(38)35-13-25(11-15(35)12-30)16-4-1-2-5-17(16)32-24(25)39/h1-7,14-15,18H,8-11,13H2,(H,31,36)(H,32,39)(H,33,34,37)/t15-,18-,25-/m0/s1. The van der Waals surface area contributed by atoms with Crippen LogP contribution in [0.5, 0.6) is 0 Å². The molecular weight excluding hydrogens is 517 g/mol. The second-order valence-electron chi connectivity index (χ2n) is 9.96. The molecule has 13 heteroatoms. The number of nitrogens with zero attached hydrogens (tertiary/aromatic N) is 3. The Morgan fingerprint density at radius 1 is 1.15 bits per heavy atom. The minimum absolute atomic E-state index is 0.0733. The van der Waals surface area contributed by atoms with Crippen LogP contribution in [0.2, 0.25) is 0 Å². The number of alkyl halides is 3. The number of hydrogen-bond donors (Lipinski definition) is 3. The number of nitriles is 1. The predicted molar refractivity (Wildman–Crippen MR) is 130 cm³/mol. The molecule has 1 aromatic heterocycles. The number of fused-ring (bicyclic) bond motifs is 2. The fourth-order valence-corrected chi connectivity index (χ4v) is 5.15. The van der Waals surface area contributed by atoms with E-state index in [0.717, 1.165) is 31.0 Å². The minimum Gasteiger partial charge on any atom is -0.336 e. The van der Waals surface area contributed by atoms with Crippen LogP contribution in [0.1, 0.15) is 36.9 Å². The van der Waals surface area contributed by atoms with E-state index in [4.69, 9.17) is 0 Å². The maximum Gasteiger partial charge on any atom is 0.433 e. The van der Waals surface area contributed by atoms with Gasteiger partial charge in [-0.1, -0.05) is 37.1 Å². The largest absolute Gasteiger partial charge is 0.433 e. The first kappa shape index (κ1) is 26.1. The molecule has 3 atom stereocenters. The maximum atomic E-state index is 13.7. The number of rotatable bonds is 5. The lowest BCUT2D eigenvalue weighted by Crippen LogP contribution is -2.53. The van der Waals surface area contributed by atoms with Crippen LogP contribution >= 0.6 is 0 Å². The molecular formula is C26H23F3N6O4. The molecule has 0 bridgehead atoms. The van der Waals surface area contributed by atoms with Gasteiger partial charge in [0, 0.05) is 18.7 Å². The zero-order chi connectivity index (χ0) is 27.9. The smallest absolute Gasteiger partial charge is 0.336 e. The number of pyridine rings is 1. The Kier molecular flexibility index (Phi) is 6.49. The van der Waals surface area contributed by atoms with Crippen LogP contribution in [0.3, 0.4) is 0 Å². The number of likely N-dealkylation sites (tertiary alicyclic amines) is 1. The molecule has 2 aliphatic heterocycles. The van der Waals surface area contributed by atoms with Crippen molar-refractivity contribution >= 4 is 35.1 Å². The number of carbonyl (C=O) groups is 4. The van der Waals surface area contributed by atoms with Crippen LogP contribution < -0.4 is 16.0 Å². The van der Waals surface area contributed by atoms with E-state index in [1.54, 1.807) is 24.3 Å². The van der Waals surface area contributed by atoms with Gasteiger partial charge in [-0.25, -0.2) is 4.98 Å². The van der Waals surface area contributed by atoms with Crippen molar-refractivity contribution in [2.45, 2.75) is 49.4 Å². The van der Waals surface area contributed by atoms with Gasteiger partial charge in [-0.05, 0) is 36.1 Å². The molecule has 2 fully saturated rings. The Morgan fingerprint density at radius 3 is 2.59 bits per heavy atom. The fraction of sp³-hybridized carbons (Fsp3) is 0.385. The van der Waals surface area contributed by atoms with Crippen LogP contribution in [0.25, 0.3) is 0 Å². The van der Waals surface area contributed by atoms with Crippen molar-refractivity contribution in [1.29, 1.82) is 5.26 Å². The van der Waals surface area contributed by atoms with Gasteiger partial charge >= 0.3 is 18.0 Å². The summed E-state index contributed by atoms with van der Waals surface area (Å²) in [6.07, 6.45) is -2.82. The van der Waals surface area contributed by atoms with Crippen molar-refractivity contribution in [2.24, 2.45) is 5.92 Å². The number of carbonyl (C=O) groups excluding carboxylic acids is 4. The molecule has 2 aromatic rings. The second kappa shape index (κ2) is 9.68. The summed E-state index contributed by atoms with van der Waals surface area (Å²) < 4.78 is 38.8. The molecule has 1 saturated heterocycles. The topological polar surface area (TPSA) is 144 Å². The predicted octanol–water partition coefficient (Wildman–Crippen LogP) is 2.34. The highest BCUT2D eigenvalue weighted by Gasteiger charge is 2.56. The number of hydrogen-bond acceptors (Lipinski definition) is 6. The van der Waals surface area contributed by atoms with Crippen LogP contribution in [-0.2, 0) is 30.8 Å². The number of halogens is 3. The van der Waals surface area contributed by atoms with Crippen molar-refractivity contribution in [3.05, 3.63) is 53.7 Å². The third-order valence-electron chi connectivity index (χ3n) is 7.27. The number of para-hydroxylation sites is 1. The third-order valence-corrected chi connectivity index (χ3v) is 7.27. The van der Waals surface area contributed by atoms with Gasteiger partial charge in [-0.15, -0.1) is 0 Å². The molecule has 10 nitrogen and oxygen atoms in total. The fourth-order valence-electron chi connectivity index (χ4n) is 5.15. The molecule has 1 saturated carbocycles. The summed E-state index contributed by atoms with van der Waals surface area (Å²) in [5.74, 6) is -3.82. The van der Waals surface area contributed by atoms with Gasteiger partial charge in [0.1, 0.15) is 23.6 Å². The molecule has 1 spiro atoms. The van der Waals surface area contributed by atoms with Gasteiger partial charge in [-0.3, -0.25) is 19.2 Å². The van der Waals surface area contributed by atoms with Crippen LogP contribution in [-0.4, -0.2) is 52.1 Å². The summed E-state index contributed by atoms with van der Waals surface area (Å²) in [7, 11) is 0. The lowest BCUT2D eigenvalue weighted by atomic mass is 9.80. The Bertz CT molecular complexity index is 1400. The molecule has 1 aromatic carbocycles. The summed E-state index contributed by atoms with van der Waals surface area (Å²) in [6, 6.07) is 9.85. The first-order valence-corrected chi connectivity index (χ1v) is 12.3. The number of benzene rings is 1. The Balaban J connectivity index is 1.33. The molecule has 4 amide bonds. The van der Waals surface area contributed by atoms with E-state index < -0.39 is 52.9 Å². The average Bonchev–Trinajstić information content (AvgIpc) is 3.57. The summed E-state index contributed by atoms with van der Waals surface area (Å²) in [6.45, 7) is -0.0791. The van der Waals surface area contributed by atoms with Gasteiger partial charge in [0.05, 0.1) is 11.5 Å². The quantitative estimate of drug-likeness (QED) is 0.497. The van der Waals surface area contributed by atoms with E-state index in [0.29, 0.717) is 11.3 Å². The van der Waals surface area contributed by atoms with Crippen molar-refractivity contribution in [3.63, 3.8) is 0 Å². The zero-order valence-electron chi connectivity index (χ0n) is 20.4. The average molecular weight is 541 g/mol. The van der Waals surface area contributed by atoms with E-state index in [1.807, 2.05) is 5.32 Å². The van der Waals surface area contributed by atoms with Crippen LogP contribution in [0, 0.1) is 17.2 Å². The monoisotopic (exact) mass is 540 g/mol. The molecule has 0 unspecified atom stereocenters. The summed E-state index contributed by atoms with van der Waals surface area (Å²) in [5.41, 5.74) is -1.07. The maximum absolute atomic E-state index is 13.7. The van der Waals surface area contributed by atoms with Crippen molar-refractivity contribution in [2.75, 3.05) is 17.2 Å². The Morgan fingerprint density at radius 2 is 1.90 bits per heavy atom. The highest BCUT2D eigenvalue weighted by Crippen LogP contribution is 2.46. The van der Waals surface area contributed by atoms with Crippen LogP contribution in [0.4, 0.5) is 24.7 Å². The molecule has 39 heavy (non-hydrogen) atoms. The lowest BCUT2D eigenvalue weighted by molar-refractivity contribution is -0.141. The number of aromatic nitrogens is 1. The molecule has 3 aliphatic rings. The molecule has 3 heterocycles. The van der Waals surface area contributed by atoms with Gasteiger partial charge < -0.3 is 20.9 Å². The first-order valence-electron chi connectivity index (χ1n) is 12.3. The molecule has 3 N–H and O–H groups in total. The van der Waals surface area contributed by atoms with E-state index in [-0.39, 0.29) is 31.2 Å². The van der Waals surface area contributed by atoms with E-state index in [9.17, 15) is 37.6 Å². The normalized spacial score (nSPS) is 22.6. The zero-order valence-corrected chi connectivity index (χ0v) is 20.4. The number of nitrogens with one attached hydrogen (secondary N) is 3. The Labute approximate surface area is 220 Å². The molecule has 202 valence electrons. The van der Waals surface area contributed by atoms with E-state index in [1.165, 1.54) is 4.90 Å². The van der Waals surface area contributed by atoms with Crippen molar-refractivity contribution < 1.29 is 32.3 Å². The highest BCUT2D eigenvalue weighted by atomic mass is 19.4. The second-order valence-corrected chi connectivity index (χ2v) is 9.96.